The van der Waals surface area contributed by atoms with Crippen LogP contribution in [0.1, 0.15) is 38.5 Å². The minimum absolute atomic E-state index is 0.372. The van der Waals surface area contributed by atoms with Crippen LogP contribution in [0.4, 0.5) is 0 Å². The third kappa shape index (κ3) is 3.14. The molecule has 19 heavy (non-hydrogen) atoms. The van der Waals surface area contributed by atoms with Crippen LogP contribution < -0.4 is 5.32 Å². The van der Waals surface area contributed by atoms with Crippen molar-refractivity contribution < 1.29 is 8.42 Å². The van der Waals surface area contributed by atoms with Crippen LogP contribution in [0.25, 0.3) is 0 Å². The summed E-state index contributed by atoms with van der Waals surface area (Å²) < 4.78 is 26.6. The summed E-state index contributed by atoms with van der Waals surface area (Å²) in [4.78, 5) is 0. The molecule has 3 rings (SSSR count). The molecule has 0 aromatic rings. The van der Waals surface area contributed by atoms with Gasteiger partial charge < -0.3 is 5.32 Å². The molecule has 0 amide bonds. The summed E-state index contributed by atoms with van der Waals surface area (Å²) in [5.41, 5.74) is 0. The third-order valence-electron chi connectivity index (χ3n) is 5.33. The molecule has 1 aliphatic carbocycles. The highest BCUT2D eigenvalue weighted by atomic mass is 32.2. The van der Waals surface area contributed by atoms with E-state index in [-0.39, 0.29) is 0 Å². The number of fused-ring (bicyclic) bond motifs is 1. The van der Waals surface area contributed by atoms with Gasteiger partial charge in [0.15, 0.2) is 0 Å². The van der Waals surface area contributed by atoms with Crippen molar-refractivity contribution in [1.29, 1.82) is 0 Å². The Labute approximate surface area is 117 Å². The maximum atomic E-state index is 12.4. The molecule has 2 aliphatic heterocycles. The summed E-state index contributed by atoms with van der Waals surface area (Å²) in [6, 6.07) is 0. The van der Waals surface area contributed by atoms with Gasteiger partial charge >= 0.3 is 0 Å². The minimum atomic E-state index is -2.99. The van der Waals surface area contributed by atoms with Gasteiger partial charge in [-0.25, -0.2) is 12.7 Å². The molecule has 110 valence electrons. The number of piperidine rings is 1. The second kappa shape index (κ2) is 5.70. The Hall–Kier alpha value is -0.130. The van der Waals surface area contributed by atoms with Crippen LogP contribution in [-0.2, 0) is 10.0 Å². The van der Waals surface area contributed by atoms with E-state index >= 15 is 0 Å². The highest BCUT2D eigenvalue weighted by Gasteiger charge is 2.40. The Bertz CT molecular complexity index is 392. The molecule has 2 heterocycles. The van der Waals surface area contributed by atoms with Crippen molar-refractivity contribution in [2.45, 2.75) is 38.5 Å². The molecule has 3 fully saturated rings. The van der Waals surface area contributed by atoms with Crippen molar-refractivity contribution >= 4 is 10.0 Å². The Kier molecular flexibility index (Phi) is 4.15. The lowest BCUT2D eigenvalue weighted by Gasteiger charge is -2.24. The van der Waals surface area contributed by atoms with Gasteiger partial charge in [0.1, 0.15) is 0 Å². The maximum absolute atomic E-state index is 12.4. The fourth-order valence-corrected chi connectivity index (χ4v) is 5.76. The third-order valence-corrected chi connectivity index (χ3v) is 7.17. The molecular weight excluding hydrogens is 260 g/mol. The molecule has 0 aromatic heterocycles. The van der Waals surface area contributed by atoms with Gasteiger partial charge in [-0.3, -0.25) is 0 Å². The number of hydrogen-bond acceptors (Lipinski definition) is 3. The smallest absolute Gasteiger partial charge is 0.214 e. The van der Waals surface area contributed by atoms with Gasteiger partial charge in [0, 0.05) is 13.1 Å². The van der Waals surface area contributed by atoms with Crippen LogP contribution in [0.3, 0.4) is 0 Å². The first kappa shape index (κ1) is 13.8. The van der Waals surface area contributed by atoms with Crippen LogP contribution in [-0.4, -0.2) is 44.7 Å². The van der Waals surface area contributed by atoms with Crippen LogP contribution in [0.15, 0.2) is 0 Å². The predicted molar refractivity (Wildman–Crippen MR) is 76.4 cm³/mol. The van der Waals surface area contributed by atoms with E-state index in [0.717, 1.165) is 45.4 Å². The zero-order valence-electron chi connectivity index (χ0n) is 11.7. The summed E-state index contributed by atoms with van der Waals surface area (Å²) in [5.74, 6) is 2.30. The molecule has 4 nitrogen and oxygen atoms in total. The lowest BCUT2D eigenvalue weighted by Crippen LogP contribution is -2.34. The van der Waals surface area contributed by atoms with E-state index in [1.54, 1.807) is 4.31 Å². The van der Waals surface area contributed by atoms with Crippen molar-refractivity contribution in [3.63, 3.8) is 0 Å². The lowest BCUT2D eigenvalue weighted by molar-refractivity contribution is 0.361. The number of sulfonamides is 1. The van der Waals surface area contributed by atoms with E-state index in [4.69, 9.17) is 0 Å². The Morgan fingerprint density at radius 2 is 1.63 bits per heavy atom. The monoisotopic (exact) mass is 286 g/mol. The van der Waals surface area contributed by atoms with Crippen molar-refractivity contribution in [3.05, 3.63) is 0 Å². The van der Waals surface area contributed by atoms with E-state index in [1.807, 2.05) is 0 Å². The quantitative estimate of drug-likeness (QED) is 0.851. The zero-order chi connectivity index (χ0) is 13.3. The van der Waals surface area contributed by atoms with Crippen LogP contribution in [0, 0.1) is 17.8 Å². The van der Waals surface area contributed by atoms with Crippen molar-refractivity contribution in [2.75, 3.05) is 31.9 Å². The van der Waals surface area contributed by atoms with Crippen molar-refractivity contribution in [2.24, 2.45) is 17.8 Å². The molecule has 0 radical (unpaired) electrons. The summed E-state index contributed by atoms with van der Waals surface area (Å²) in [6.45, 7) is 3.72. The lowest BCUT2D eigenvalue weighted by atomic mass is 9.96. The molecule has 1 saturated carbocycles. The standard InChI is InChI=1S/C14H26N2O2S/c17-19(18,9-6-12-4-7-15-8-5-12)16-10-13-2-1-3-14(13)11-16/h12-15H,1-11H2. The Balaban J connectivity index is 1.51. The fraction of sp³-hybridized carbons (Fsp3) is 1.00. The molecule has 5 heteroatoms. The summed E-state index contributed by atoms with van der Waals surface area (Å²) in [6.07, 6.45) is 6.92. The highest BCUT2D eigenvalue weighted by Crippen LogP contribution is 2.38. The number of hydrogen-bond donors (Lipinski definition) is 1. The predicted octanol–water partition coefficient (Wildman–Crippen LogP) is 1.44. The number of rotatable bonds is 4. The summed E-state index contributed by atoms with van der Waals surface area (Å²) in [7, 11) is -2.99. The maximum Gasteiger partial charge on any atom is 0.214 e. The average molecular weight is 286 g/mol. The minimum Gasteiger partial charge on any atom is -0.317 e. The first-order valence-electron chi connectivity index (χ1n) is 7.84. The van der Waals surface area contributed by atoms with Crippen LogP contribution in [0.2, 0.25) is 0 Å². The normalized spacial score (nSPS) is 33.7. The molecule has 0 bridgehead atoms. The SMILES string of the molecule is O=S(=O)(CCC1CCNCC1)N1CC2CCCC2C1. The molecule has 2 unspecified atom stereocenters. The Morgan fingerprint density at radius 1 is 1.00 bits per heavy atom. The van der Waals surface area contributed by atoms with E-state index in [9.17, 15) is 8.42 Å². The summed E-state index contributed by atoms with van der Waals surface area (Å²) >= 11 is 0. The number of nitrogens with zero attached hydrogens (tertiary/aromatic N) is 1. The zero-order valence-corrected chi connectivity index (χ0v) is 12.5. The van der Waals surface area contributed by atoms with E-state index in [2.05, 4.69) is 5.32 Å². The van der Waals surface area contributed by atoms with E-state index < -0.39 is 10.0 Å². The van der Waals surface area contributed by atoms with Gasteiger partial charge in [-0.1, -0.05) is 6.42 Å². The molecule has 0 spiro atoms. The highest BCUT2D eigenvalue weighted by molar-refractivity contribution is 7.89. The first-order valence-corrected chi connectivity index (χ1v) is 9.44. The van der Waals surface area contributed by atoms with Gasteiger partial charge in [-0.15, -0.1) is 0 Å². The van der Waals surface area contributed by atoms with Crippen molar-refractivity contribution in [1.82, 2.24) is 9.62 Å². The second-order valence-corrected chi connectivity index (χ2v) is 8.65. The molecule has 1 N–H and O–H groups in total. The Morgan fingerprint density at radius 3 is 2.26 bits per heavy atom. The molecular formula is C14H26N2O2S. The van der Waals surface area contributed by atoms with Gasteiger partial charge in [0.2, 0.25) is 10.0 Å². The largest absolute Gasteiger partial charge is 0.317 e. The molecule has 2 atom stereocenters. The molecule has 3 aliphatic rings. The average Bonchev–Trinajstić information content (AvgIpc) is 2.99. The fourth-order valence-electron chi connectivity index (χ4n) is 4.03. The topological polar surface area (TPSA) is 49.4 Å². The van der Waals surface area contributed by atoms with Crippen LogP contribution in [0.5, 0.6) is 0 Å². The van der Waals surface area contributed by atoms with E-state index in [1.165, 1.54) is 19.3 Å². The van der Waals surface area contributed by atoms with E-state index in [0.29, 0.717) is 23.5 Å². The van der Waals surface area contributed by atoms with Gasteiger partial charge in [-0.2, -0.15) is 0 Å². The molecule has 0 aromatic carbocycles. The van der Waals surface area contributed by atoms with Crippen LogP contribution >= 0.6 is 0 Å². The molecule has 2 saturated heterocycles. The summed E-state index contributed by atoms with van der Waals surface area (Å²) in [5, 5.41) is 3.33. The van der Waals surface area contributed by atoms with Gasteiger partial charge in [0.05, 0.1) is 5.75 Å². The first-order chi connectivity index (χ1) is 9.15. The van der Waals surface area contributed by atoms with Gasteiger partial charge in [-0.05, 0) is 62.9 Å². The van der Waals surface area contributed by atoms with Gasteiger partial charge in [0.25, 0.3) is 0 Å². The van der Waals surface area contributed by atoms with Crippen molar-refractivity contribution in [3.8, 4) is 0 Å². The number of nitrogens with one attached hydrogen (secondary N) is 1. The second-order valence-electron chi connectivity index (χ2n) is 6.57.